The summed E-state index contributed by atoms with van der Waals surface area (Å²) in [6.07, 6.45) is 3.93. The van der Waals surface area contributed by atoms with E-state index < -0.39 is 16.0 Å². The van der Waals surface area contributed by atoms with E-state index in [1.165, 1.54) is 6.07 Å². The highest BCUT2D eigenvalue weighted by Crippen LogP contribution is 2.23. The molecule has 7 heteroatoms. The number of hydrogen-bond acceptors (Lipinski definition) is 3. The zero-order chi connectivity index (χ0) is 24.1. The molecule has 0 saturated carbocycles. The van der Waals surface area contributed by atoms with Crippen LogP contribution in [0.1, 0.15) is 32.6 Å². The molecular weight excluding hydrogens is 448 g/mol. The highest BCUT2D eigenvalue weighted by molar-refractivity contribution is 7.97. The van der Waals surface area contributed by atoms with Gasteiger partial charge in [-0.1, -0.05) is 54.1 Å². The Hall–Kier alpha value is -4.28. The molecule has 6 nitrogen and oxygen atoms in total. The summed E-state index contributed by atoms with van der Waals surface area (Å²) in [6.45, 7) is 1.95. The van der Waals surface area contributed by atoms with Crippen molar-refractivity contribution in [3.8, 4) is 16.9 Å². The van der Waals surface area contributed by atoms with Gasteiger partial charge in [0.15, 0.2) is 0 Å². The monoisotopic (exact) mass is 470 g/mol. The van der Waals surface area contributed by atoms with E-state index in [4.69, 9.17) is 0 Å². The van der Waals surface area contributed by atoms with Gasteiger partial charge in [0.1, 0.15) is 0 Å². The molecule has 0 aliphatic rings. The molecule has 0 saturated heterocycles. The molecule has 34 heavy (non-hydrogen) atoms. The standard InChI is InChI=1S/C27H22N2O4S/c1-20-12-13-25(23(18-20)19-21-8-3-2-4-9-21)28-34(32,33)17-14-22-10-7-11-24(27(30)31)26(22)29-15-5-6-16-29/h2-13,15-16,18,28H,19H2,1H3,(H,30,31). The van der Waals surface area contributed by atoms with Gasteiger partial charge in [0.25, 0.3) is 0 Å². The molecule has 1 heterocycles. The zero-order valence-electron chi connectivity index (χ0n) is 18.4. The van der Waals surface area contributed by atoms with E-state index in [0.717, 1.165) is 16.7 Å². The first kappa shape index (κ1) is 22.9. The molecule has 0 fully saturated rings. The molecule has 3 aromatic carbocycles. The second-order valence-corrected chi connectivity index (χ2v) is 9.17. The quantitative estimate of drug-likeness (QED) is 0.395. The number of carbonyl (C=O) groups is 1. The minimum Gasteiger partial charge on any atom is -0.478 e. The number of para-hydroxylation sites is 1. The second kappa shape index (κ2) is 9.69. The van der Waals surface area contributed by atoms with Gasteiger partial charge in [-0.05, 0) is 60.7 Å². The second-order valence-electron chi connectivity index (χ2n) is 7.75. The molecule has 0 aliphatic carbocycles. The highest BCUT2D eigenvalue weighted by Gasteiger charge is 2.16. The molecule has 0 spiro atoms. The van der Waals surface area contributed by atoms with Crippen LogP contribution in [-0.2, 0) is 16.4 Å². The number of rotatable bonds is 6. The Morgan fingerprint density at radius 2 is 1.71 bits per heavy atom. The van der Waals surface area contributed by atoms with Gasteiger partial charge in [-0.2, -0.15) is 8.42 Å². The third-order valence-electron chi connectivity index (χ3n) is 5.19. The normalized spacial score (nSPS) is 10.9. The summed E-state index contributed by atoms with van der Waals surface area (Å²) in [7, 11) is -4.05. The molecule has 170 valence electrons. The lowest BCUT2D eigenvalue weighted by Gasteiger charge is -2.12. The van der Waals surface area contributed by atoms with Gasteiger partial charge in [-0.25, -0.2) is 4.79 Å². The maximum absolute atomic E-state index is 12.9. The van der Waals surface area contributed by atoms with Crippen molar-refractivity contribution in [3.63, 3.8) is 0 Å². The molecule has 0 unspecified atom stereocenters. The number of nitrogens with zero attached hydrogens (tertiary/aromatic N) is 1. The first-order valence-electron chi connectivity index (χ1n) is 10.5. The largest absolute Gasteiger partial charge is 0.478 e. The minimum atomic E-state index is -4.05. The maximum Gasteiger partial charge on any atom is 0.337 e. The number of carboxylic acids is 1. The van der Waals surface area contributed by atoms with E-state index >= 15 is 0 Å². The topological polar surface area (TPSA) is 88.4 Å². The van der Waals surface area contributed by atoms with E-state index in [2.05, 4.69) is 15.9 Å². The van der Waals surface area contributed by atoms with Crippen molar-refractivity contribution in [3.05, 3.63) is 119 Å². The summed E-state index contributed by atoms with van der Waals surface area (Å²) in [6, 6.07) is 23.4. The van der Waals surface area contributed by atoms with Crippen molar-refractivity contribution in [2.24, 2.45) is 0 Å². The van der Waals surface area contributed by atoms with Crippen LogP contribution in [0.15, 0.2) is 91.3 Å². The zero-order valence-corrected chi connectivity index (χ0v) is 19.2. The molecule has 1 aromatic heterocycles. The Morgan fingerprint density at radius 1 is 0.971 bits per heavy atom. The van der Waals surface area contributed by atoms with Gasteiger partial charge in [-0.15, -0.1) is 0 Å². The van der Waals surface area contributed by atoms with Gasteiger partial charge in [0.2, 0.25) is 0 Å². The fourth-order valence-corrected chi connectivity index (χ4v) is 4.44. The van der Waals surface area contributed by atoms with Crippen molar-refractivity contribution < 1.29 is 18.3 Å². The van der Waals surface area contributed by atoms with E-state index in [0.29, 0.717) is 17.8 Å². The molecule has 0 bridgehead atoms. The Kier molecular flexibility index (Phi) is 6.53. The van der Waals surface area contributed by atoms with Crippen molar-refractivity contribution in [2.45, 2.75) is 13.3 Å². The van der Waals surface area contributed by atoms with Gasteiger partial charge in [0.05, 0.1) is 27.8 Å². The van der Waals surface area contributed by atoms with Gasteiger partial charge in [0, 0.05) is 12.4 Å². The van der Waals surface area contributed by atoms with Crippen LogP contribution in [0.3, 0.4) is 0 Å². The van der Waals surface area contributed by atoms with Crippen LogP contribution < -0.4 is 4.72 Å². The van der Waals surface area contributed by atoms with Crippen LogP contribution >= 0.6 is 0 Å². The summed E-state index contributed by atoms with van der Waals surface area (Å²) in [5, 5.41) is 11.9. The van der Waals surface area contributed by atoms with E-state index in [9.17, 15) is 18.3 Å². The molecule has 4 aromatic rings. The summed E-state index contributed by atoms with van der Waals surface area (Å²) in [5.41, 5.74) is 3.98. The summed E-state index contributed by atoms with van der Waals surface area (Å²) in [4.78, 5) is 11.7. The summed E-state index contributed by atoms with van der Waals surface area (Å²) >= 11 is 0. The number of aryl methyl sites for hydroxylation is 1. The Labute approximate surface area is 198 Å². The number of anilines is 1. The smallest absolute Gasteiger partial charge is 0.337 e. The Morgan fingerprint density at radius 3 is 2.41 bits per heavy atom. The number of hydrogen-bond donors (Lipinski definition) is 2. The van der Waals surface area contributed by atoms with Crippen LogP contribution in [0, 0.1) is 18.1 Å². The lowest BCUT2D eigenvalue weighted by Crippen LogP contribution is -2.12. The maximum atomic E-state index is 12.9. The SMILES string of the molecule is Cc1ccc(NS(=O)(=O)C#Cc2cccc(C(=O)O)c2-n2cccc2)c(Cc2ccccc2)c1. The molecule has 2 N–H and O–H groups in total. The van der Waals surface area contributed by atoms with Gasteiger partial charge < -0.3 is 9.67 Å². The van der Waals surface area contributed by atoms with Crippen molar-refractivity contribution in [2.75, 3.05) is 4.72 Å². The summed E-state index contributed by atoms with van der Waals surface area (Å²) in [5.74, 6) is 1.53. The molecule has 4 rings (SSSR count). The third-order valence-corrected chi connectivity index (χ3v) is 6.05. The molecule has 0 radical (unpaired) electrons. The molecule has 0 amide bonds. The van der Waals surface area contributed by atoms with Crippen molar-refractivity contribution >= 4 is 21.7 Å². The van der Waals surface area contributed by atoms with E-state index in [1.807, 2.05) is 49.4 Å². The van der Waals surface area contributed by atoms with Gasteiger partial charge in [-0.3, -0.25) is 4.72 Å². The number of aromatic nitrogens is 1. The third kappa shape index (κ3) is 5.37. The van der Waals surface area contributed by atoms with Crippen LogP contribution in [-0.4, -0.2) is 24.1 Å². The number of carboxylic acid groups (broad SMARTS) is 1. The number of aromatic carboxylic acids is 1. The fraction of sp³-hybridized carbons (Fsp3) is 0.0741. The highest BCUT2D eigenvalue weighted by atomic mass is 32.2. The lowest BCUT2D eigenvalue weighted by molar-refractivity contribution is 0.0697. The first-order chi connectivity index (χ1) is 16.3. The van der Waals surface area contributed by atoms with Crippen LogP contribution in [0.2, 0.25) is 0 Å². The fourth-order valence-electron chi connectivity index (χ4n) is 3.66. The number of nitrogens with one attached hydrogen (secondary N) is 1. The van der Waals surface area contributed by atoms with E-state index in [-0.39, 0.29) is 11.1 Å². The lowest BCUT2D eigenvalue weighted by atomic mass is 10.0. The predicted molar refractivity (Wildman–Crippen MR) is 133 cm³/mol. The van der Waals surface area contributed by atoms with Crippen molar-refractivity contribution in [1.29, 1.82) is 0 Å². The van der Waals surface area contributed by atoms with Crippen molar-refractivity contribution in [1.82, 2.24) is 4.57 Å². The summed E-state index contributed by atoms with van der Waals surface area (Å²) < 4.78 is 29.9. The minimum absolute atomic E-state index is 0.0250. The first-order valence-corrected chi connectivity index (χ1v) is 12.0. The van der Waals surface area contributed by atoms with E-state index in [1.54, 1.807) is 47.3 Å². The van der Waals surface area contributed by atoms with Gasteiger partial charge >= 0.3 is 16.0 Å². The molecular formula is C27H22N2O4S. The molecule has 0 aliphatic heterocycles. The average Bonchev–Trinajstić information content (AvgIpc) is 3.34. The number of sulfonamides is 1. The molecule has 0 atom stereocenters. The van der Waals surface area contributed by atoms with Crippen LogP contribution in [0.4, 0.5) is 5.69 Å². The number of benzene rings is 3. The van der Waals surface area contributed by atoms with Crippen LogP contribution in [0.5, 0.6) is 0 Å². The predicted octanol–water partition coefficient (Wildman–Crippen LogP) is 4.83. The average molecular weight is 471 g/mol. The Balaban J connectivity index is 1.68. The van der Waals surface area contributed by atoms with Crippen LogP contribution in [0.25, 0.3) is 5.69 Å². The Bertz CT molecular complexity index is 1500.